The number of pyridine rings is 1. The number of nitrogens with zero attached hydrogens (tertiary/aromatic N) is 2. The molecule has 3 heterocycles. The van der Waals surface area contributed by atoms with Crippen LogP contribution < -0.4 is 5.32 Å². The maximum atomic E-state index is 13.2. The molecule has 0 aromatic carbocycles. The highest BCUT2D eigenvalue weighted by Gasteiger charge is 2.35. The molecule has 1 N–H and O–H groups in total. The van der Waals surface area contributed by atoms with E-state index < -0.39 is 11.7 Å². The van der Waals surface area contributed by atoms with Crippen LogP contribution in [-0.4, -0.2) is 15.3 Å². The van der Waals surface area contributed by atoms with Gasteiger partial charge in [-0.25, -0.2) is 4.98 Å². The van der Waals surface area contributed by atoms with Gasteiger partial charge in [-0.3, -0.25) is 9.20 Å². The van der Waals surface area contributed by atoms with Crippen LogP contribution >= 0.6 is 38.9 Å². The smallest absolute Gasteiger partial charge is 0.351 e. The van der Waals surface area contributed by atoms with E-state index in [1.807, 2.05) is 17.5 Å². The maximum absolute atomic E-state index is 13.2. The van der Waals surface area contributed by atoms with E-state index in [0.29, 0.717) is 6.54 Å². The predicted octanol–water partition coefficient (Wildman–Crippen LogP) is 4.69. The topological polar surface area (TPSA) is 46.4 Å². The zero-order chi connectivity index (χ0) is 18.2. The van der Waals surface area contributed by atoms with Crippen LogP contribution in [0.2, 0.25) is 5.15 Å². The third-order valence-electron chi connectivity index (χ3n) is 3.37. The van der Waals surface area contributed by atoms with Gasteiger partial charge in [0, 0.05) is 15.5 Å². The molecule has 10 heteroatoms. The molecule has 132 valence electrons. The van der Waals surface area contributed by atoms with Crippen molar-refractivity contribution in [3.05, 3.63) is 55.5 Å². The Balaban J connectivity index is 1.87. The van der Waals surface area contributed by atoms with E-state index in [1.165, 1.54) is 17.5 Å². The number of thiophene rings is 1. The molecule has 0 aliphatic heterocycles. The van der Waals surface area contributed by atoms with E-state index in [2.05, 4.69) is 26.2 Å². The van der Waals surface area contributed by atoms with Crippen molar-refractivity contribution in [1.29, 1.82) is 0 Å². The zero-order valence-corrected chi connectivity index (χ0v) is 15.6. The Morgan fingerprint density at radius 3 is 2.84 bits per heavy atom. The molecule has 0 radical (unpaired) electrons. The van der Waals surface area contributed by atoms with Crippen LogP contribution in [0.1, 0.15) is 16.1 Å². The first-order chi connectivity index (χ1) is 11.8. The molecule has 0 saturated heterocycles. The number of hydrogen-bond donors (Lipinski definition) is 1. The van der Waals surface area contributed by atoms with Gasteiger partial charge in [0.15, 0.2) is 5.65 Å². The van der Waals surface area contributed by atoms with Crippen molar-refractivity contribution >= 4 is 50.4 Å². The lowest BCUT2D eigenvalue weighted by atomic mass is 10.2. The second-order valence-corrected chi connectivity index (χ2v) is 7.45. The molecule has 25 heavy (non-hydrogen) atoms. The summed E-state index contributed by atoms with van der Waals surface area (Å²) in [6.45, 7) is 0.348. The van der Waals surface area contributed by atoms with Crippen molar-refractivity contribution in [2.45, 2.75) is 19.1 Å². The van der Waals surface area contributed by atoms with E-state index in [-0.39, 0.29) is 33.3 Å². The van der Waals surface area contributed by atoms with Gasteiger partial charge in [-0.05, 0) is 33.4 Å². The lowest BCUT2D eigenvalue weighted by Gasteiger charge is -2.08. The van der Waals surface area contributed by atoms with Gasteiger partial charge in [0.05, 0.1) is 24.2 Å². The van der Waals surface area contributed by atoms with Crippen molar-refractivity contribution < 1.29 is 18.0 Å². The van der Waals surface area contributed by atoms with Gasteiger partial charge in [-0.1, -0.05) is 17.7 Å². The molecule has 0 bridgehead atoms. The predicted molar refractivity (Wildman–Crippen MR) is 92.8 cm³/mol. The van der Waals surface area contributed by atoms with E-state index in [1.54, 1.807) is 0 Å². The number of carbonyl (C=O) groups is 1. The van der Waals surface area contributed by atoms with Crippen molar-refractivity contribution in [3.63, 3.8) is 0 Å². The molecule has 0 atom stereocenters. The summed E-state index contributed by atoms with van der Waals surface area (Å²) in [7, 11) is 0. The van der Waals surface area contributed by atoms with Crippen LogP contribution in [0.5, 0.6) is 0 Å². The summed E-state index contributed by atoms with van der Waals surface area (Å²) in [5.41, 5.74) is -1.16. The molecule has 3 aromatic rings. The van der Waals surface area contributed by atoms with Gasteiger partial charge in [0.25, 0.3) is 0 Å². The van der Waals surface area contributed by atoms with Crippen molar-refractivity contribution in [2.24, 2.45) is 0 Å². The van der Waals surface area contributed by atoms with Crippen molar-refractivity contribution in [2.75, 3.05) is 0 Å². The number of amides is 1. The van der Waals surface area contributed by atoms with Crippen molar-refractivity contribution in [1.82, 2.24) is 14.7 Å². The van der Waals surface area contributed by atoms with Crippen LogP contribution in [0, 0.1) is 0 Å². The summed E-state index contributed by atoms with van der Waals surface area (Å²) in [4.78, 5) is 16.9. The monoisotopic (exact) mass is 451 g/mol. The SMILES string of the molecule is O=C(Cc1nc2c(C(F)(F)F)cc(Br)cn2c1Cl)NCc1cccs1. The summed E-state index contributed by atoms with van der Waals surface area (Å²) in [5, 5.41) is 4.56. The first-order valence-electron chi connectivity index (χ1n) is 6.98. The number of halogens is 5. The Morgan fingerprint density at radius 2 is 2.20 bits per heavy atom. The van der Waals surface area contributed by atoms with Gasteiger partial charge in [0.1, 0.15) is 5.15 Å². The van der Waals surface area contributed by atoms with E-state index in [4.69, 9.17) is 11.6 Å². The second kappa shape index (κ2) is 6.97. The first-order valence-corrected chi connectivity index (χ1v) is 9.03. The Morgan fingerprint density at radius 1 is 1.44 bits per heavy atom. The molecule has 4 nitrogen and oxygen atoms in total. The highest BCUT2D eigenvalue weighted by molar-refractivity contribution is 9.10. The van der Waals surface area contributed by atoms with E-state index in [9.17, 15) is 18.0 Å². The second-order valence-electron chi connectivity index (χ2n) is 5.15. The summed E-state index contributed by atoms with van der Waals surface area (Å²) in [6, 6.07) is 4.66. The number of carbonyl (C=O) groups excluding carboxylic acids is 1. The number of hydrogen-bond acceptors (Lipinski definition) is 3. The fourth-order valence-electron chi connectivity index (χ4n) is 2.27. The van der Waals surface area contributed by atoms with E-state index in [0.717, 1.165) is 15.3 Å². The summed E-state index contributed by atoms with van der Waals surface area (Å²) in [5.74, 6) is -0.369. The number of alkyl halides is 3. The minimum Gasteiger partial charge on any atom is -0.351 e. The zero-order valence-electron chi connectivity index (χ0n) is 12.4. The number of imidazole rings is 1. The normalized spacial score (nSPS) is 11.9. The van der Waals surface area contributed by atoms with Gasteiger partial charge >= 0.3 is 6.18 Å². The summed E-state index contributed by atoms with van der Waals surface area (Å²) in [6.07, 6.45) is -3.41. The molecule has 3 rings (SSSR count). The van der Waals surface area contributed by atoms with Gasteiger partial charge < -0.3 is 5.32 Å². The van der Waals surface area contributed by atoms with Crippen LogP contribution in [0.4, 0.5) is 13.2 Å². The highest BCUT2D eigenvalue weighted by atomic mass is 79.9. The molecular weight excluding hydrogens is 443 g/mol. The molecule has 0 aliphatic carbocycles. The lowest BCUT2D eigenvalue weighted by molar-refractivity contribution is -0.136. The van der Waals surface area contributed by atoms with Crippen LogP contribution in [0.15, 0.2) is 34.2 Å². The fourth-order valence-corrected chi connectivity index (χ4v) is 3.58. The number of nitrogens with one attached hydrogen (secondary N) is 1. The van der Waals surface area contributed by atoms with Crippen LogP contribution in [0.3, 0.4) is 0 Å². The largest absolute Gasteiger partial charge is 0.420 e. The maximum Gasteiger partial charge on any atom is 0.420 e. The van der Waals surface area contributed by atoms with Gasteiger partial charge in [-0.2, -0.15) is 13.2 Å². The van der Waals surface area contributed by atoms with Crippen LogP contribution in [0.25, 0.3) is 5.65 Å². The minimum absolute atomic E-state index is 0.0203. The minimum atomic E-state index is -4.58. The average Bonchev–Trinajstić information content (AvgIpc) is 3.14. The van der Waals surface area contributed by atoms with Gasteiger partial charge in [-0.15, -0.1) is 11.3 Å². The fraction of sp³-hybridized carbons (Fsp3) is 0.200. The van der Waals surface area contributed by atoms with E-state index >= 15 is 0 Å². The number of fused-ring (bicyclic) bond motifs is 1. The standard InChI is InChI=1S/C15H10BrClF3N3OS/c16-8-4-10(15(18,19)20)14-22-11(13(17)23(14)7-8)5-12(24)21-6-9-2-1-3-25-9/h1-4,7H,5-6H2,(H,21,24). The Labute approximate surface area is 157 Å². The summed E-state index contributed by atoms with van der Waals surface area (Å²) < 4.78 is 40.9. The van der Waals surface area contributed by atoms with Gasteiger partial charge in [0.2, 0.25) is 5.91 Å². The number of aromatic nitrogens is 2. The molecule has 0 aliphatic rings. The summed E-state index contributed by atoms with van der Waals surface area (Å²) >= 11 is 10.7. The third kappa shape index (κ3) is 3.99. The van der Waals surface area contributed by atoms with Crippen molar-refractivity contribution in [3.8, 4) is 0 Å². The Hall–Kier alpha value is -1.58. The molecule has 0 fully saturated rings. The molecule has 0 spiro atoms. The number of rotatable bonds is 4. The Bertz CT molecular complexity index is 924. The lowest BCUT2D eigenvalue weighted by Crippen LogP contribution is -2.24. The Kier molecular flexibility index (Phi) is 5.08. The molecular formula is C15H10BrClF3N3OS. The quantitative estimate of drug-likeness (QED) is 0.624. The molecule has 1 amide bonds. The first kappa shape index (κ1) is 18.2. The molecule has 0 unspecified atom stereocenters. The molecule has 3 aromatic heterocycles. The highest BCUT2D eigenvalue weighted by Crippen LogP contribution is 2.35. The van der Waals surface area contributed by atoms with Crippen LogP contribution in [-0.2, 0) is 23.9 Å². The third-order valence-corrected chi connectivity index (χ3v) is 5.08. The molecule has 0 saturated carbocycles. The average molecular weight is 453 g/mol.